The number of halogens is 6. The van der Waals surface area contributed by atoms with Crippen molar-refractivity contribution in [2.75, 3.05) is 30.4 Å². The molecule has 202 valence electrons. The zero-order valence-corrected chi connectivity index (χ0v) is 20.2. The molecule has 1 aliphatic rings. The van der Waals surface area contributed by atoms with E-state index in [1.165, 1.54) is 30.3 Å². The minimum absolute atomic E-state index is 0.0160. The number of amides is 1. The average molecular weight is 538 g/mol. The Balaban J connectivity index is 1.43. The fourth-order valence-electron chi connectivity index (χ4n) is 4.20. The molecular formula is C25H24F6N6O. The second-order valence-electron chi connectivity index (χ2n) is 8.75. The van der Waals surface area contributed by atoms with E-state index in [0.717, 1.165) is 18.2 Å². The molecule has 13 heteroatoms. The number of nitrogens with zero attached hydrogens (tertiary/aromatic N) is 4. The maximum Gasteiger partial charge on any atom is 0.416 e. The number of piperidine rings is 1. The van der Waals surface area contributed by atoms with Crippen molar-refractivity contribution in [2.24, 2.45) is 5.92 Å². The summed E-state index contributed by atoms with van der Waals surface area (Å²) < 4.78 is 79.1. The van der Waals surface area contributed by atoms with Crippen LogP contribution in [0.4, 0.5) is 38.2 Å². The number of carbonyl (C=O) groups excluding carboxylic acids is 1. The van der Waals surface area contributed by atoms with Crippen LogP contribution in [0.2, 0.25) is 0 Å². The van der Waals surface area contributed by atoms with Gasteiger partial charge in [0.1, 0.15) is 0 Å². The van der Waals surface area contributed by atoms with E-state index in [9.17, 15) is 31.1 Å². The van der Waals surface area contributed by atoms with Crippen LogP contribution in [-0.2, 0) is 23.7 Å². The van der Waals surface area contributed by atoms with Crippen molar-refractivity contribution in [3.8, 4) is 11.4 Å². The van der Waals surface area contributed by atoms with Crippen LogP contribution in [0.15, 0.2) is 48.5 Å². The molecule has 0 saturated carbocycles. The van der Waals surface area contributed by atoms with Gasteiger partial charge in [-0.3, -0.25) is 4.79 Å². The number of carbonyl (C=O) groups is 1. The maximum absolute atomic E-state index is 13.2. The number of anilines is 2. The molecular weight excluding hydrogens is 514 g/mol. The number of rotatable bonds is 6. The van der Waals surface area contributed by atoms with Crippen LogP contribution in [-0.4, -0.2) is 41.0 Å². The van der Waals surface area contributed by atoms with Gasteiger partial charge in [0, 0.05) is 38.2 Å². The highest BCUT2D eigenvalue weighted by Crippen LogP contribution is 2.33. The molecule has 7 nitrogen and oxygen atoms in total. The smallest absolute Gasteiger partial charge is 0.357 e. The third-order valence-electron chi connectivity index (χ3n) is 6.22. The molecule has 4 rings (SSSR count). The minimum atomic E-state index is -4.52. The Bertz CT molecular complexity index is 1290. The van der Waals surface area contributed by atoms with Crippen molar-refractivity contribution in [1.29, 1.82) is 0 Å². The summed E-state index contributed by atoms with van der Waals surface area (Å²) in [5.74, 6) is -0.287. The van der Waals surface area contributed by atoms with Crippen LogP contribution >= 0.6 is 0 Å². The standard InChI is InChI=1S/C25H24F6N6O/c1-32-22-34-20(16-6-4-7-18(13-16)24(26,27)28)35-23(36-22)37-11-9-15(10-12-37)21(38)33-14-17-5-2-3-8-19(17)25(29,30)31/h2-8,13,15H,9-12,14H2,1H3,(H,33,38)(H,32,34,35,36). The zero-order valence-electron chi connectivity index (χ0n) is 20.2. The van der Waals surface area contributed by atoms with Gasteiger partial charge in [-0.15, -0.1) is 0 Å². The summed E-state index contributed by atoms with van der Waals surface area (Å²) in [6.45, 7) is 0.493. The quantitative estimate of drug-likeness (QED) is 0.423. The highest BCUT2D eigenvalue weighted by Gasteiger charge is 2.34. The van der Waals surface area contributed by atoms with E-state index in [2.05, 4.69) is 25.6 Å². The predicted octanol–water partition coefficient (Wildman–Crippen LogP) is 5.15. The molecule has 1 aromatic heterocycles. The van der Waals surface area contributed by atoms with E-state index >= 15 is 0 Å². The Morgan fingerprint density at radius 1 is 0.947 bits per heavy atom. The highest BCUT2D eigenvalue weighted by molar-refractivity contribution is 5.79. The van der Waals surface area contributed by atoms with Crippen LogP contribution in [0.5, 0.6) is 0 Å². The van der Waals surface area contributed by atoms with Crippen molar-refractivity contribution < 1.29 is 31.1 Å². The molecule has 2 heterocycles. The molecule has 1 aliphatic heterocycles. The Kier molecular flexibility index (Phi) is 7.74. The average Bonchev–Trinajstić information content (AvgIpc) is 2.90. The lowest BCUT2D eigenvalue weighted by molar-refractivity contribution is -0.139. The summed E-state index contributed by atoms with van der Waals surface area (Å²) in [6, 6.07) is 9.75. The lowest BCUT2D eigenvalue weighted by atomic mass is 9.96. The van der Waals surface area contributed by atoms with Crippen LogP contribution in [0.1, 0.15) is 29.5 Å². The van der Waals surface area contributed by atoms with E-state index in [0.29, 0.717) is 25.9 Å². The van der Waals surface area contributed by atoms with Gasteiger partial charge in [0.25, 0.3) is 0 Å². The fourth-order valence-corrected chi connectivity index (χ4v) is 4.20. The van der Waals surface area contributed by atoms with Gasteiger partial charge >= 0.3 is 12.4 Å². The maximum atomic E-state index is 13.2. The molecule has 0 spiro atoms. The normalized spacial score (nSPS) is 14.9. The number of aromatic nitrogens is 3. The molecule has 2 N–H and O–H groups in total. The fraction of sp³-hybridized carbons (Fsp3) is 0.360. The second-order valence-corrected chi connectivity index (χ2v) is 8.75. The third kappa shape index (κ3) is 6.32. The second kappa shape index (κ2) is 10.8. The summed E-state index contributed by atoms with van der Waals surface area (Å²) in [4.78, 5) is 27.3. The predicted molar refractivity (Wildman–Crippen MR) is 128 cm³/mol. The molecule has 1 amide bonds. The van der Waals surface area contributed by atoms with Crippen LogP contribution in [0.3, 0.4) is 0 Å². The van der Waals surface area contributed by atoms with Gasteiger partial charge in [0.15, 0.2) is 5.82 Å². The van der Waals surface area contributed by atoms with Crippen molar-refractivity contribution >= 4 is 17.8 Å². The summed E-state index contributed by atoms with van der Waals surface area (Å²) in [7, 11) is 1.57. The number of benzene rings is 2. The largest absolute Gasteiger partial charge is 0.416 e. The van der Waals surface area contributed by atoms with Gasteiger partial charge in [-0.1, -0.05) is 30.3 Å². The SMILES string of the molecule is CNc1nc(-c2cccc(C(F)(F)F)c2)nc(N2CCC(C(=O)NCc3ccccc3C(F)(F)F)CC2)n1. The number of nitrogens with one attached hydrogen (secondary N) is 2. The Hall–Kier alpha value is -3.90. The van der Waals surface area contributed by atoms with Crippen LogP contribution in [0, 0.1) is 5.92 Å². The van der Waals surface area contributed by atoms with E-state index < -0.39 is 29.4 Å². The van der Waals surface area contributed by atoms with Crippen molar-refractivity contribution in [3.63, 3.8) is 0 Å². The highest BCUT2D eigenvalue weighted by atomic mass is 19.4. The molecule has 2 aromatic carbocycles. The summed E-state index contributed by atoms with van der Waals surface area (Å²) in [5.41, 5.74) is -1.46. The van der Waals surface area contributed by atoms with Gasteiger partial charge in [0.2, 0.25) is 17.8 Å². The molecule has 1 fully saturated rings. The first-order valence-corrected chi connectivity index (χ1v) is 11.7. The van der Waals surface area contributed by atoms with Gasteiger partial charge in [-0.2, -0.15) is 41.3 Å². The topological polar surface area (TPSA) is 83.0 Å². The number of hydrogen-bond donors (Lipinski definition) is 2. The molecule has 38 heavy (non-hydrogen) atoms. The van der Waals surface area contributed by atoms with E-state index in [1.54, 1.807) is 11.9 Å². The zero-order chi connectivity index (χ0) is 27.5. The lowest BCUT2D eigenvalue weighted by Crippen LogP contribution is -2.41. The molecule has 1 saturated heterocycles. The first-order chi connectivity index (χ1) is 18.0. The third-order valence-corrected chi connectivity index (χ3v) is 6.22. The van der Waals surface area contributed by atoms with Crippen LogP contribution < -0.4 is 15.5 Å². The molecule has 0 bridgehead atoms. The summed E-state index contributed by atoms with van der Waals surface area (Å²) in [6.07, 6.45) is -8.25. The Morgan fingerprint density at radius 3 is 2.32 bits per heavy atom. The summed E-state index contributed by atoms with van der Waals surface area (Å²) in [5, 5.41) is 5.38. The van der Waals surface area contributed by atoms with Gasteiger partial charge in [-0.05, 0) is 36.6 Å². The molecule has 0 unspecified atom stereocenters. The van der Waals surface area contributed by atoms with Crippen LogP contribution in [0.25, 0.3) is 11.4 Å². The molecule has 0 aliphatic carbocycles. The van der Waals surface area contributed by atoms with Crippen molar-refractivity contribution in [2.45, 2.75) is 31.7 Å². The van der Waals surface area contributed by atoms with E-state index in [-0.39, 0.29) is 41.3 Å². The molecule has 0 atom stereocenters. The molecule has 0 radical (unpaired) electrons. The van der Waals surface area contributed by atoms with Gasteiger partial charge < -0.3 is 15.5 Å². The summed E-state index contributed by atoms with van der Waals surface area (Å²) >= 11 is 0. The van der Waals surface area contributed by atoms with Gasteiger partial charge in [0.05, 0.1) is 11.1 Å². The lowest BCUT2D eigenvalue weighted by Gasteiger charge is -2.31. The monoisotopic (exact) mass is 538 g/mol. The van der Waals surface area contributed by atoms with Crippen molar-refractivity contribution in [1.82, 2.24) is 20.3 Å². The first kappa shape index (κ1) is 27.1. The van der Waals surface area contributed by atoms with E-state index in [4.69, 9.17) is 0 Å². The first-order valence-electron chi connectivity index (χ1n) is 11.7. The minimum Gasteiger partial charge on any atom is -0.357 e. The Labute approximate surface area is 214 Å². The van der Waals surface area contributed by atoms with Crippen molar-refractivity contribution in [3.05, 3.63) is 65.2 Å². The molecule has 3 aromatic rings. The van der Waals surface area contributed by atoms with Gasteiger partial charge in [-0.25, -0.2) is 0 Å². The van der Waals surface area contributed by atoms with E-state index in [1.807, 2.05) is 0 Å². The number of hydrogen-bond acceptors (Lipinski definition) is 6. The Morgan fingerprint density at radius 2 is 1.66 bits per heavy atom. The number of alkyl halides is 6.